The van der Waals surface area contributed by atoms with E-state index >= 15 is 0 Å². The monoisotopic (exact) mass is 266 g/mol. The molecule has 0 heterocycles. The summed E-state index contributed by atoms with van der Waals surface area (Å²) in [7, 11) is 2.17. The highest BCUT2D eigenvalue weighted by Gasteiger charge is 2.23. The molecular formula is C15H26N2S. The lowest BCUT2D eigenvalue weighted by Gasteiger charge is -2.38. The first-order chi connectivity index (χ1) is 8.47. The lowest BCUT2D eigenvalue weighted by molar-refractivity contribution is 0.469. The van der Waals surface area contributed by atoms with Crippen LogP contribution in [0.1, 0.15) is 39.7 Å². The minimum Gasteiger partial charge on any atom is -0.369 e. The summed E-state index contributed by atoms with van der Waals surface area (Å²) in [5.41, 5.74) is 8.65. The van der Waals surface area contributed by atoms with E-state index in [9.17, 15) is 0 Å². The van der Waals surface area contributed by atoms with Crippen molar-refractivity contribution in [1.29, 1.82) is 0 Å². The zero-order chi connectivity index (χ0) is 13.8. The maximum Gasteiger partial charge on any atom is 0.0424 e. The van der Waals surface area contributed by atoms with Gasteiger partial charge in [-0.2, -0.15) is 0 Å². The van der Waals surface area contributed by atoms with E-state index in [4.69, 9.17) is 5.73 Å². The average Bonchev–Trinajstić information content (AvgIpc) is 2.38. The highest BCUT2D eigenvalue weighted by Crippen LogP contribution is 2.33. The van der Waals surface area contributed by atoms with Gasteiger partial charge in [0.25, 0.3) is 0 Å². The van der Waals surface area contributed by atoms with Crippen molar-refractivity contribution in [3.63, 3.8) is 0 Å². The Kier molecular flexibility index (Phi) is 5.54. The second kappa shape index (κ2) is 6.48. The number of hydrogen-bond acceptors (Lipinski definition) is 3. The van der Waals surface area contributed by atoms with E-state index in [1.165, 1.54) is 16.1 Å². The third kappa shape index (κ3) is 3.21. The Hall–Kier alpha value is -0.670. The minimum atomic E-state index is 0.152. The predicted molar refractivity (Wildman–Crippen MR) is 83.5 cm³/mol. The number of nitrogens with two attached hydrogens (primary N) is 1. The number of benzene rings is 1. The maximum atomic E-state index is 5.96. The van der Waals surface area contributed by atoms with Gasteiger partial charge in [0.2, 0.25) is 0 Å². The van der Waals surface area contributed by atoms with Crippen LogP contribution in [0.3, 0.4) is 0 Å². The van der Waals surface area contributed by atoms with Crippen molar-refractivity contribution in [2.45, 2.75) is 51.1 Å². The predicted octanol–water partition coefficient (Wildman–Crippen LogP) is 3.88. The molecule has 0 radical (unpaired) electrons. The Bertz CT molecular complexity index is 388. The molecule has 0 atom stereocenters. The molecule has 1 aromatic carbocycles. The van der Waals surface area contributed by atoms with Crippen molar-refractivity contribution in [3.8, 4) is 0 Å². The fourth-order valence-electron chi connectivity index (χ4n) is 1.93. The molecule has 0 unspecified atom stereocenters. The number of thioether (sulfide) groups is 1. The molecule has 0 fully saturated rings. The Morgan fingerprint density at radius 3 is 2.44 bits per heavy atom. The first-order valence-corrected chi connectivity index (χ1v) is 7.65. The quantitative estimate of drug-likeness (QED) is 0.792. The molecule has 0 aliphatic heterocycles. The van der Waals surface area contributed by atoms with E-state index in [0.717, 1.165) is 12.2 Å². The summed E-state index contributed by atoms with van der Waals surface area (Å²) >= 11 is 1.87. The van der Waals surface area contributed by atoms with Gasteiger partial charge < -0.3 is 10.6 Å². The summed E-state index contributed by atoms with van der Waals surface area (Å²) in [5, 5.41) is 0. The first-order valence-electron chi connectivity index (χ1n) is 6.66. The van der Waals surface area contributed by atoms with Crippen LogP contribution < -0.4 is 10.6 Å². The van der Waals surface area contributed by atoms with E-state index in [2.05, 4.69) is 57.8 Å². The molecule has 1 rings (SSSR count). The topological polar surface area (TPSA) is 29.3 Å². The number of anilines is 1. The zero-order valence-corrected chi connectivity index (χ0v) is 13.1. The van der Waals surface area contributed by atoms with E-state index in [1.54, 1.807) is 0 Å². The van der Waals surface area contributed by atoms with Crippen molar-refractivity contribution in [2.24, 2.45) is 5.73 Å². The van der Waals surface area contributed by atoms with Crippen LogP contribution in [0, 0.1) is 0 Å². The van der Waals surface area contributed by atoms with Crippen molar-refractivity contribution in [2.75, 3.05) is 17.7 Å². The Labute approximate surface area is 116 Å². The van der Waals surface area contributed by atoms with Gasteiger partial charge in [0.05, 0.1) is 0 Å². The van der Waals surface area contributed by atoms with Gasteiger partial charge in [-0.1, -0.05) is 19.9 Å². The normalized spacial score (nSPS) is 11.7. The second-order valence-electron chi connectivity index (χ2n) is 5.12. The molecule has 0 saturated heterocycles. The third-order valence-electron chi connectivity index (χ3n) is 3.75. The lowest BCUT2D eigenvalue weighted by atomic mass is 9.98. The van der Waals surface area contributed by atoms with E-state index in [1.807, 2.05) is 11.8 Å². The number of hydrogen-bond donors (Lipinski definition) is 1. The van der Waals surface area contributed by atoms with Crippen LogP contribution in [-0.4, -0.2) is 18.3 Å². The van der Waals surface area contributed by atoms with Gasteiger partial charge >= 0.3 is 0 Å². The molecule has 0 aliphatic rings. The molecule has 0 saturated carbocycles. The summed E-state index contributed by atoms with van der Waals surface area (Å²) in [6, 6.07) is 6.49. The van der Waals surface area contributed by atoms with Gasteiger partial charge in [-0.25, -0.2) is 0 Å². The molecule has 2 N–H and O–H groups in total. The van der Waals surface area contributed by atoms with Gasteiger partial charge in [-0.05, 0) is 38.2 Å². The minimum absolute atomic E-state index is 0.152. The van der Waals surface area contributed by atoms with Crippen LogP contribution in [-0.2, 0) is 6.54 Å². The summed E-state index contributed by atoms with van der Waals surface area (Å²) in [5.74, 6) is 1.08. The number of rotatable bonds is 6. The van der Waals surface area contributed by atoms with Crippen LogP contribution in [0.25, 0.3) is 0 Å². The molecule has 0 spiro atoms. The Morgan fingerprint density at radius 2 is 1.94 bits per heavy atom. The second-order valence-corrected chi connectivity index (χ2v) is 6.42. The molecular weight excluding hydrogens is 240 g/mol. The summed E-state index contributed by atoms with van der Waals surface area (Å²) in [6.45, 7) is 9.54. The van der Waals surface area contributed by atoms with Gasteiger partial charge in [0.15, 0.2) is 0 Å². The smallest absolute Gasteiger partial charge is 0.0424 e. The highest BCUT2D eigenvalue weighted by atomic mass is 32.2. The first kappa shape index (κ1) is 15.4. The van der Waals surface area contributed by atoms with Gasteiger partial charge in [0, 0.05) is 35.3 Å². The maximum absolute atomic E-state index is 5.96. The fourth-order valence-corrected chi connectivity index (χ4v) is 2.78. The average molecular weight is 266 g/mol. The van der Waals surface area contributed by atoms with Crippen molar-refractivity contribution in [1.82, 2.24) is 0 Å². The molecule has 18 heavy (non-hydrogen) atoms. The Balaban J connectivity index is 3.19. The largest absolute Gasteiger partial charge is 0.369 e. The van der Waals surface area contributed by atoms with Gasteiger partial charge in [-0.15, -0.1) is 11.8 Å². The van der Waals surface area contributed by atoms with E-state index < -0.39 is 0 Å². The summed E-state index contributed by atoms with van der Waals surface area (Å²) < 4.78 is 0. The van der Waals surface area contributed by atoms with Crippen LogP contribution >= 0.6 is 11.8 Å². The Morgan fingerprint density at radius 1 is 1.28 bits per heavy atom. The molecule has 0 aliphatic carbocycles. The lowest BCUT2D eigenvalue weighted by Crippen LogP contribution is -2.41. The summed E-state index contributed by atoms with van der Waals surface area (Å²) in [6.07, 6.45) is 1.11. The van der Waals surface area contributed by atoms with Crippen LogP contribution in [0.5, 0.6) is 0 Å². The molecule has 1 aromatic rings. The van der Waals surface area contributed by atoms with Crippen molar-refractivity contribution >= 4 is 17.4 Å². The molecule has 0 bridgehead atoms. The van der Waals surface area contributed by atoms with Crippen LogP contribution in [0.15, 0.2) is 23.1 Å². The van der Waals surface area contributed by atoms with Crippen molar-refractivity contribution in [3.05, 3.63) is 23.8 Å². The molecule has 2 nitrogen and oxygen atoms in total. The standard InChI is InChI=1S/C15H26N2S/c1-6-15(3,4)17(5)13-9-8-10-14(18-7-2)12(13)11-16/h8-10H,6-7,11,16H2,1-5H3. The molecule has 0 aromatic heterocycles. The highest BCUT2D eigenvalue weighted by molar-refractivity contribution is 7.99. The SMILES string of the molecule is CCSc1cccc(N(C)C(C)(C)CC)c1CN. The van der Waals surface area contributed by atoms with Gasteiger partial charge in [-0.3, -0.25) is 0 Å². The molecule has 3 heteroatoms. The zero-order valence-electron chi connectivity index (χ0n) is 12.3. The van der Waals surface area contributed by atoms with Crippen LogP contribution in [0.4, 0.5) is 5.69 Å². The van der Waals surface area contributed by atoms with Crippen molar-refractivity contribution < 1.29 is 0 Å². The molecule has 102 valence electrons. The fraction of sp³-hybridized carbons (Fsp3) is 0.600. The number of nitrogens with zero attached hydrogens (tertiary/aromatic N) is 1. The van der Waals surface area contributed by atoms with E-state index in [-0.39, 0.29) is 5.54 Å². The van der Waals surface area contributed by atoms with Crippen LogP contribution in [0.2, 0.25) is 0 Å². The summed E-state index contributed by atoms with van der Waals surface area (Å²) in [4.78, 5) is 3.67. The van der Waals surface area contributed by atoms with Gasteiger partial charge in [0.1, 0.15) is 0 Å². The van der Waals surface area contributed by atoms with E-state index in [0.29, 0.717) is 6.54 Å². The molecule has 0 amide bonds. The third-order valence-corrected chi connectivity index (χ3v) is 4.73.